The maximum atomic E-state index is 11.6. The van der Waals surface area contributed by atoms with Crippen molar-refractivity contribution in [1.82, 2.24) is 9.97 Å². The van der Waals surface area contributed by atoms with Crippen LogP contribution in [-0.4, -0.2) is 42.6 Å². The first-order valence-corrected chi connectivity index (χ1v) is 6.23. The van der Waals surface area contributed by atoms with Crippen molar-refractivity contribution in [2.45, 2.75) is 13.3 Å². The van der Waals surface area contributed by atoms with Gasteiger partial charge in [-0.25, -0.2) is 0 Å². The van der Waals surface area contributed by atoms with Gasteiger partial charge >= 0.3 is 5.97 Å². The Kier molecular flexibility index (Phi) is 4.41. The van der Waals surface area contributed by atoms with Crippen LogP contribution in [0, 0.1) is 0 Å². The summed E-state index contributed by atoms with van der Waals surface area (Å²) in [4.78, 5) is 30.7. The Morgan fingerprint density at radius 3 is 3.05 bits per heavy atom. The zero-order valence-electron chi connectivity index (χ0n) is 11.1. The fraction of sp³-hybridized carbons (Fsp3) is 0.545. The van der Waals surface area contributed by atoms with E-state index in [1.807, 2.05) is 0 Å². The van der Waals surface area contributed by atoms with Crippen LogP contribution in [-0.2, 0) is 14.3 Å². The summed E-state index contributed by atoms with van der Waals surface area (Å²) in [6.07, 6.45) is 0.343. The highest BCUT2D eigenvalue weighted by Crippen LogP contribution is 2.24. The summed E-state index contributed by atoms with van der Waals surface area (Å²) in [6.45, 7) is 2.83. The van der Waals surface area contributed by atoms with Gasteiger partial charge in [-0.1, -0.05) is 6.92 Å². The Hall–Kier alpha value is -2.29. The van der Waals surface area contributed by atoms with Crippen molar-refractivity contribution < 1.29 is 14.3 Å². The minimum atomic E-state index is -0.313. The first-order chi connectivity index (χ1) is 9.61. The van der Waals surface area contributed by atoms with Gasteiger partial charge in [-0.3, -0.25) is 14.6 Å². The van der Waals surface area contributed by atoms with Crippen molar-refractivity contribution >= 4 is 23.4 Å². The number of hydrogen-bond donors (Lipinski definition) is 3. The molecule has 0 amide bonds. The number of nitrogens with one attached hydrogen (secondary N) is 2. The third-order valence-electron chi connectivity index (χ3n) is 2.69. The molecule has 0 aliphatic carbocycles. The molecule has 0 fully saturated rings. The molecule has 0 aromatic carbocycles. The lowest BCUT2D eigenvalue weighted by Crippen LogP contribution is -2.27. The zero-order valence-corrected chi connectivity index (χ0v) is 11.1. The van der Waals surface area contributed by atoms with Crippen LogP contribution in [0.25, 0.3) is 0 Å². The van der Waals surface area contributed by atoms with E-state index >= 15 is 0 Å². The number of nitrogens with zero attached hydrogens (tertiary/aromatic N) is 2. The molecule has 0 unspecified atom stereocenters. The second-order valence-electron chi connectivity index (χ2n) is 4.14. The smallest absolute Gasteiger partial charge is 0.305 e. The van der Waals surface area contributed by atoms with E-state index in [4.69, 9.17) is 15.2 Å². The van der Waals surface area contributed by atoms with E-state index in [1.165, 1.54) is 0 Å². The van der Waals surface area contributed by atoms with Crippen molar-refractivity contribution in [3.05, 3.63) is 10.4 Å². The number of nitrogens with two attached hydrogens (primary N) is 1. The van der Waals surface area contributed by atoms with E-state index in [1.54, 1.807) is 11.8 Å². The van der Waals surface area contributed by atoms with Crippen molar-refractivity contribution in [3.8, 4) is 0 Å². The van der Waals surface area contributed by atoms with Gasteiger partial charge in [-0.15, -0.1) is 0 Å². The average molecular weight is 283 g/mol. The number of ether oxygens (including phenoxy) is 2. The van der Waals surface area contributed by atoms with E-state index in [0.29, 0.717) is 24.6 Å². The average Bonchev–Trinajstić information content (AvgIpc) is 2.81. The topological polar surface area (TPSA) is 123 Å². The van der Waals surface area contributed by atoms with Crippen molar-refractivity contribution in [1.29, 1.82) is 0 Å². The van der Waals surface area contributed by atoms with Gasteiger partial charge in [0.2, 0.25) is 5.95 Å². The van der Waals surface area contributed by atoms with Gasteiger partial charge in [-0.2, -0.15) is 4.98 Å². The number of aromatic amines is 1. The Balaban J connectivity index is 1.83. The van der Waals surface area contributed by atoms with Gasteiger partial charge in [0.15, 0.2) is 5.82 Å². The fourth-order valence-electron chi connectivity index (χ4n) is 1.71. The maximum absolute atomic E-state index is 11.6. The van der Waals surface area contributed by atoms with Crippen LogP contribution < -0.4 is 21.5 Å². The van der Waals surface area contributed by atoms with Crippen molar-refractivity contribution in [2.75, 3.05) is 42.6 Å². The minimum Gasteiger partial charge on any atom is -0.463 e. The van der Waals surface area contributed by atoms with Crippen LogP contribution in [0.1, 0.15) is 13.3 Å². The number of rotatable bonds is 6. The molecular weight excluding hydrogens is 266 g/mol. The third kappa shape index (κ3) is 3.18. The number of carbonyl (C=O) groups is 1. The van der Waals surface area contributed by atoms with Crippen LogP contribution in [0.4, 0.5) is 17.5 Å². The fourth-order valence-corrected chi connectivity index (χ4v) is 1.71. The predicted octanol–water partition coefficient (Wildman–Crippen LogP) is -0.531. The van der Waals surface area contributed by atoms with E-state index in [-0.39, 0.29) is 37.4 Å². The van der Waals surface area contributed by atoms with Crippen molar-refractivity contribution in [2.24, 2.45) is 0 Å². The van der Waals surface area contributed by atoms with E-state index in [0.717, 1.165) is 0 Å². The molecule has 9 nitrogen and oxygen atoms in total. The molecule has 1 aliphatic rings. The molecule has 1 aliphatic heterocycles. The van der Waals surface area contributed by atoms with Crippen LogP contribution in [0.15, 0.2) is 4.79 Å². The second-order valence-corrected chi connectivity index (χ2v) is 4.14. The number of anilines is 3. The standard InChI is InChI=1S/C11H17N5O4/c1-2-7(17)20-4-3-19-6-16-5-13-8-9(16)14-11(12)15-10(8)18/h13H,2-6H2,1H3,(H3,12,14,15,18). The number of H-pyrrole nitrogens is 1. The summed E-state index contributed by atoms with van der Waals surface area (Å²) in [6, 6.07) is 0. The van der Waals surface area contributed by atoms with Crippen molar-refractivity contribution in [3.63, 3.8) is 0 Å². The van der Waals surface area contributed by atoms with Crippen LogP contribution in [0.2, 0.25) is 0 Å². The first-order valence-electron chi connectivity index (χ1n) is 6.23. The molecule has 0 radical (unpaired) electrons. The maximum Gasteiger partial charge on any atom is 0.305 e. The molecule has 110 valence electrons. The monoisotopic (exact) mass is 283 g/mol. The molecule has 2 rings (SSSR count). The van der Waals surface area contributed by atoms with Crippen LogP contribution in [0.5, 0.6) is 0 Å². The molecule has 0 spiro atoms. The normalized spacial score (nSPS) is 12.9. The highest BCUT2D eigenvalue weighted by atomic mass is 16.6. The SMILES string of the molecule is CCC(=O)OCCOCN1CNc2c1nc(N)[nH]c2=O. The largest absolute Gasteiger partial charge is 0.463 e. The summed E-state index contributed by atoms with van der Waals surface area (Å²) >= 11 is 0. The number of aromatic nitrogens is 2. The lowest BCUT2D eigenvalue weighted by Gasteiger charge is -2.16. The number of carbonyl (C=O) groups excluding carboxylic acids is 1. The van der Waals surface area contributed by atoms with E-state index < -0.39 is 0 Å². The molecule has 0 atom stereocenters. The second kappa shape index (κ2) is 6.24. The van der Waals surface area contributed by atoms with Gasteiger partial charge in [0.25, 0.3) is 5.56 Å². The number of hydrogen-bond acceptors (Lipinski definition) is 8. The molecule has 1 aromatic rings. The summed E-state index contributed by atoms with van der Waals surface area (Å²) in [5.74, 6) is 0.249. The van der Waals surface area contributed by atoms with Crippen LogP contribution in [0.3, 0.4) is 0 Å². The quantitative estimate of drug-likeness (QED) is 0.470. The molecule has 1 aromatic heterocycles. The Bertz CT molecular complexity index is 544. The molecule has 20 heavy (non-hydrogen) atoms. The van der Waals surface area contributed by atoms with Crippen LogP contribution >= 0.6 is 0 Å². The summed E-state index contributed by atoms with van der Waals surface area (Å²) in [5.41, 5.74) is 5.56. The van der Waals surface area contributed by atoms with Gasteiger partial charge in [0.1, 0.15) is 19.0 Å². The molecule has 0 bridgehead atoms. The first kappa shape index (κ1) is 14.1. The highest BCUT2D eigenvalue weighted by molar-refractivity contribution is 5.70. The zero-order chi connectivity index (χ0) is 14.5. The number of nitrogen functional groups attached to an aromatic ring is 1. The lowest BCUT2D eigenvalue weighted by molar-refractivity contribution is -0.144. The predicted molar refractivity (Wildman–Crippen MR) is 72.3 cm³/mol. The van der Waals surface area contributed by atoms with E-state index in [2.05, 4.69) is 15.3 Å². The van der Waals surface area contributed by atoms with Gasteiger partial charge in [0, 0.05) is 6.42 Å². The third-order valence-corrected chi connectivity index (χ3v) is 2.69. The lowest BCUT2D eigenvalue weighted by atomic mass is 10.5. The minimum absolute atomic E-state index is 0.0549. The van der Waals surface area contributed by atoms with Gasteiger partial charge in [0.05, 0.1) is 13.3 Å². The highest BCUT2D eigenvalue weighted by Gasteiger charge is 2.23. The molecule has 0 saturated heterocycles. The molecule has 2 heterocycles. The summed E-state index contributed by atoms with van der Waals surface area (Å²) < 4.78 is 10.2. The Morgan fingerprint density at radius 1 is 1.50 bits per heavy atom. The molecular formula is C11H17N5O4. The Morgan fingerprint density at radius 2 is 2.30 bits per heavy atom. The number of fused-ring (bicyclic) bond motifs is 1. The number of esters is 1. The Labute approximate surface area is 115 Å². The van der Waals surface area contributed by atoms with Gasteiger partial charge in [-0.05, 0) is 0 Å². The molecule has 9 heteroatoms. The van der Waals surface area contributed by atoms with Gasteiger partial charge < -0.3 is 25.4 Å². The summed E-state index contributed by atoms with van der Waals surface area (Å²) in [5, 5.41) is 2.91. The van der Waals surface area contributed by atoms with E-state index in [9.17, 15) is 9.59 Å². The summed E-state index contributed by atoms with van der Waals surface area (Å²) in [7, 11) is 0. The molecule has 0 saturated carbocycles. The molecule has 4 N–H and O–H groups in total.